The van der Waals surface area contributed by atoms with Crippen LogP contribution in [0.4, 0.5) is 5.69 Å². The molecule has 0 amide bonds. The van der Waals surface area contributed by atoms with Crippen LogP contribution in [0.25, 0.3) is 0 Å². The van der Waals surface area contributed by atoms with Crippen LogP contribution in [-0.2, 0) is 0 Å². The summed E-state index contributed by atoms with van der Waals surface area (Å²) >= 11 is 1.80. The lowest BCUT2D eigenvalue weighted by Gasteiger charge is -2.09. The normalized spacial score (nSPS) is 10.1. The van der Waals surface area contributed by atoms with Crippen molar-refractivity contribution in [2.75, 3.05) is 18.1 Å². The van der Waals surface area contributed by atoms with Gasteiger partial charge in [0.1, 0.15) is 0 Å². The number of benzene rings is 1. The van der Waals surface area contributed by atoms with E-state index in [4.69, 9.17) is 0 Å². The fourth-order valence-electron chi connectivity index (χ4n) is 1.39. The molecule has 1 aromatic rings. The highest BCUT2D eigenvalue weighted by Crippen LogP contribution is 2.24. The fourth-order valence-corrected chi connectivity index (χ4v) is 1.96. The van der Waals surface area contributed by atoms with E-state index >= 15 is 0 Å². The van der Waals surface area contributed by atoms with Crippen LogP contribution in [-0.4, -0.2) is 12.8 Å². The lowest BCUT2D eigenvalue weighted by atomic mass is 10.2. The Bertz CT molecular complexity index is 260. The van der Waals surface area contributed by atoms with Gasteiger partial charge in [-0.25, -0.2) is 0 Å². The second kappa shape index (κ2) is 6.77. The van der Waals surface area contributed by atoms with Gasteiger partial charge < -0.3 is 5.32 Å². The quantitative estimate of drug-likeness (QED) is 0.561. The molecule has 0 saturated carbocycles. The second-order valence-electron chi connectivity index (χ2n) is 3.33. The summed E-state index contributed by atoms with van der Waals surface area (Å²) in [5.41, 5.74) is 1.27. The monoisotopic (exact) mass is 209 g/mol. The zero-order chi connectivity index (χ0) is 10.2. The maximum Gasteiger partial charge on any atom is 0.0478 e. The van der Waals surface area contributed by atoms with Gasteiger partial charge in [0.2, 0.25) is 0 Å². The number of nitrogens with one attached hydrogen (secondary N) is 1. The van der Waals surface area contributed by atoms with E-state index in [2.05, 4.69) is 42.8 Å². The van der Waals surface area contributed by atoms with Crippen molar-refractivity contribution in [1.82, 2.24) is 0 Å². The molecule has 0 radical (unpaired) electrons. The van der Waals surface area contributed by atoms with Crippen molar-refractivity contribution in [3.8, 4) is 0 Å². The van der Waals surface area contributed by atoms with Gasteiger partial charge in [-0.15, -0.1) is 11.8 Å². The Balaban J connectivity index is 2.41. The average molecular weight is 209 g/mol. The van der Waals surface area contributed by atoms with Gasteiger partial charge in [0.25, 0.3) is 0 Å². The maximum absolute atomic E-state index is 3.48. The van der Waals surface area contributed by atoms with E-state index in [1.165, 1.54) is 29.8 Å². The Morgan fingerprint density at radius 2 is 2.00 bits per heavy atom. The van der Waals surface area contributed by atoms with Crippen molar-refractivity contribution in [1.29, 1.82) is 0 Å². The molecule has 0 spiro atoms. The maximum atomic E-state index is 3.48. The summed E-state index contributed by atoms with van der Waals surface area (Å²) in [5.74, 6) is 0. The van der Waals surface area contributed by atoms with Gasteiger partial charge in [0.05, 0.1) is 0 Å². The molecule has 0 atom stereocenters. The molecule has 1 rings (SSSR count). The van der Waals surface area contributed by atoms with Crippen molar-refractivity contribution in [2.24, 2.45) is 0 Å². The zero-order valence-electron chi connectivity index (χ0n) is 9.05. The van der Waals surface area contributed by atoms with Gasteiger partial charge >= 0.3 is 0 Å². The summed E-state index contributed by atoms with van der Waals surface area (Å²) in [6.45, 7) is 3.32. The summed E-state index contributed by atoms with van der Waals surface area (Å²) in [4.78, 5) is 1.34. The standard InChI is InChI=1S/C12H19NS/c1-3-4-7-10-13-11-8-5-6-9-12(11)14-2/h5-6,8-9,13H,3-4,7,10H2,1-2H3. The smallest absolute Gasteiger partial charge is 0.0478 e. The molecule has 0 aliphatic heterocycles. The van der Waals surface area contributed by atoms with E-state index in [-0.39, 0.29) is 0 Å². The number of hydrogen-bond donors (Lipinski definition) is 1. The minimum atomic E-state index is 1.09. The highest BCUT2D eigenvalue weighted by atomic mass is 32.2. The Kier molecular flexibility index (Phi) is 5.53. The third-order valence-corrected chi connectivity index (χ3v) is 3.00. The number of thioether (sulfide) groups is 1. The van der Waals surface area contributed by atoms with Crippen LogP contribution in [0.5, 0.6) is 0 Å². The van der Waals surface area contributed by atoms with Crippen LogP contribution in [0.3, 0.4) is 0 Å². The third kappa shape index (κ3) is 3.62. The fraction of sp³-hybridized carbons (Fsp3) is 0.500. The molecule has 1 N–H and O–H groups in total. The Morgan fingerprint density at radius 3 is 2.71 bits per heavy atom. The summed E-state index contributed by atoms with van der Waals surface area (Å²) in [7, 11) is 0. The molecule has 78 valence electrons. The molecule has 0 heterocycles. The minimum Gasteiger partial charge on any atom is -0.384 e. The largest absolute Gasteiger partial charge is 0.384 e. The lowest BCUT2D eigenvalue weighted by molar-refractivity contribution is 0.743. The molecule has 2 heteroatoms. The van der Waals surface area contributed by atoms with E-state index in [9.17, 15) is 0 Å². The lowest BCUT2D eigenvalue weighted by Crippen LogP contribution is -2.01. The molecule has 0 aliphatic carbocycles. The molecule has 14 heavy (non-hydrogen) atoms. The topological polar surface area (TPSA) is 12.0 Å². The average Bonchev–Trinajstić information content (AvgIpc) is 2.25. The molecular formula is C12H19NS. The second-order valence-corrected chi connectivity index (χ2v) is 4.18. The summed E-state index contributed by atoms with van der Waals surface area (Å²) in [6, 6.07) is 8.48. The van der Waals surface area contributed by atoms with Crippen molar-refractivity contribution in [2.45, 2.75) is 31.1 Å². The molecule has 0 unspecified atom stereocenters. The number of hydrogen-bond acceptors (Lipinski definition) is 2. The minimum absolute atomic E-state index is 1.09. The SMILES string of the molecule is CCCCCNc1ccccc1SC. The van der Waals surface area contributed by atoms with Gasteiger partial charge in [0, 0.05) is 17.1 Å². The highest BCUT2D eigenvalue weighted by Gasteiger charge is 1.97. The highest BCUT2D eigenvalue weighted by molar-refractivity contribution is 7.98. The number of rotatable bonds is 6. The predicted molar refractivity (Wildman–Crippen MR) is 66.2 cm³/mol. The van der Waals surface area contributed by atoms with E-state index in [0.717, 1.165) is 6.54 Å². The number of para-hydroxylation sites is 1. The van der Waals surface area contributed by atoms with Gasteiger partial charge in [-0.1, -0.05) is 31.9 Å². The van der Waals surface area contributed by atoms with Crippen LogP contribution < -0.4 is 5.32 Å². The van der Waals surface area contributed by atoms with Crippen LogP contribution in [0, 0.1) is 0 Å². The van der Waals surface area contributed by atoms with E-state index < -0.39 is 0 Å². The van der Waals surface area contributed by atoms with Crippen molar-refractivity contribution < 1.29 is 0 Å². The van der Waals surface area contributed by atoms with E-state index in [0.29, 0.717) is 0 Å². The third-order valence-electron chi connectivity index (χ3n) is 2.20. The first-order valence-corrected chi connectivity index (χ1v) is 6.48. The first-order valence-electron chi connectivity index (χ1n) is 5.25. The summed E-state index contributed by atoms with van der Waals surface area (Å²) < 4.78 is 0. The zero-order valence-corrected chi connectivity index (χ0v) is 9.86. The van der Waals surface area contributed by atoms with E-state index in [1.807, 2.05) is 0 Å². The van der Waals surface area contributed by atoms with E-state index in [1.54, 1.807) is 11.8 Å². The van der Waals surface area contributed by atoms with Gasteiger partial charge in [-0.05, 0) is 24.8 Å². The number of anilines is 1. The first-order chi connectivity index (χ1) is 6.88. The molecule has 0 fully saturated rings. The molecule has 0 bridgehead atoms. The summed E-state index contributed by atoms with van der Waals surface area (Å²) in [6.07, 6.45) is 5.98. The Morgan fingerprint density at radius 1 is 1.21 bits per heavy atom. The molecule has 0 aliphatic rings. The molecule has 1 aromatic carbocycles. The Hall–Kier alpha value is -0.630. The van der Waals surface area contributed by atoms with Crippen LogP contribution in [0.2, 0.25) is 0 Å². The van der Waals surface area contributed by atoms with Crippen LogP contribution >= 0.6 is 11.8 Å². The van der Waals surface area contributed by atoms with Crippen molar-refractivity contribution >= 4 is 17.4 Å². The van der Waals surface area contributed by atoms with Crippen LogP contribution in [0.1, 0.15) is 26.2 Å². The van der Waals surface area contributed by atoms with Crippen LogP contribution in [0.15, 0.2) is 29.2 Å². The molecule has 0 aromatic heterocycles. The van der Waals surface area contributed by atoms with Crippen molar-refractivity contribution in [3.05, 3.63) is 24.3 Å². The molecular weight excluding hydrogens is 190 g/mol. The van der Waals surface area contributed by atoms with Gasteiger partial charge in [0.15, 0.2) is 0 Å². The molecule has 0 saturated heterocycles. The molecule has 1 nitrogen and oxygen atoms in total. The predicted octanol–water partition coefficient (Wildman–Crippen LogP) is 4.01. The summed E-state index contributed by atoms with van der Waals surface area (Å²) in [5, 5.41) is 3.48. The van der Waals surface area contributed by atoms with Gasteiger partial charge in [-0.2, -0.15) is 0 Å². The Labute approximate surface area is 91.3 Å². The first kappa shape index (κ1) is 11.4. The number of unbranched alkanes of at least 4 members (excludes halogenated alkanes) is 2. The van der Waals surface area contributed by atoms with Gasteiger partial charge in [-0.3, -0.25) is 0 Å². The van der Waals surface area contributed by atoms with Crippen molar-refractivity contribution in [3.63, 3.8) is 0 Å².